The van der Waals surface area contributed by atoms with E-state index in [2.05, 4.69) is 9.88 Å². The highest BCUT2D eigenvalue weighted by Gasteiger charge is 2.24. The van der Waals surface area contributed by atoms with Crippen LogP contribution in [0, 0.1) is 13.8 Å². The van der Waals surface area contributed by atoms with Gasteiger partial charge in [0.1, 0.15) is 10.6 Å². The molecule has 0 aliphatic heterocycles. The van der Waals surface area contributed by atoms with Crippen LogP contribution in [0.5, 0.6) is 0 Å². The summed E-state index contributed by atoms with van der Waals surface area (Å²) in [7, 11) is -3.85. The molecule has 0 fully saturated rings. The van der Waals surface area contributed by atoms with Gasteiger partial charge in [0.25, 0.3) is 0 Å². The lowest BCUT2D eigenvalue weighted by molar-refractivity contribution is 0.0997. The number of Topliss-reactive ketones (excluding diaryl/α,β-unsaturated/α-hetero) is 1. The first-order chi connectivity index (χ1) is 9.81. The van der Waals surface area contributed by atoms with Gasteiger partial charge in [-0.2, -0.15) is 0 Å². The Morgan fingerprint density at radius 2 is 2.10 bits per heavy atom. The van der Waals surface area contributed by atoms with E-state index in [1.807, 2.05) is 0 Å². The quantitative estimate of drug-likeness (QED) is 0.849. The Morgan fingerprint density at radius 3 is 2.67 bits per heavy atom. The number of rotatable bonds is 5. The molecule has 0 aliphatic carbocycles. The maximum atomic E-state index is 12.1. The predicted octanol–water partition coefficient (Wildman–Crippen LogP) is 2.11. The van der Waals surface area contributed by atoms with E-state index in [1.165, 1.54) is 19.9 Å². The second kappa shape index (κ2) is 5.97. The predicted molar refractivity (Wildman–Crippen MR) is 76.9 cm³/mol. The average Bonchev–Trinajstić information content (AvgIpc) is 2.76. The first-order valence-corrected chi connectivity index (χ1v) is 7.88. The van der Waals surface area contributed by atoms with Crippen LogP contribution in [0.25, 0.3) is 0 Å². The molecule has 2 rings (SSSR count). The standard InChI is InChI=1S/C13H13ClN2O4S/c1-8-13(9(2)20-16-8)21(18,19)15-7-12(17)10-4-3-5-11(14)6-10/h3-6,15H,7H2,1-2H3. The van der Waals surface area contributed by atoms with Gasteiger partial charge in [0.05, 0.1) is 6.54 Å². The number of hydrogen-bond donors (Lipinski definition) is 1. The lowest BCUT2D eigenvalue weighted by Crippen LogP contribution is -2.30. The van der Waals surface area contributed by atoms with Crippen LogP contribution in [0.15, 0.2) is 33.7 Å². The Labute approximate surface area is 127 Å². The van der Waals surface area contributed by atoms with Crippen molar-refractivity contribution in [2.24, 2.45) is 0 Å². The van der Waals surface area contributed by atoms with Crippen molar-refractivity contribution in [2.45, 2.75) is 18.7 Å². The lowest BCUT2D eigenvalue weighted by Gasteiger charge is -2.06. The summed E-state index contributed by atoms with van der Waals surface area (Å²) in [5, 5.41) is 3.99. The number of benzene rings is 1. The number of aryl methyl sites for hydroxylation is 2. The van der Waals surface area contributed by atoms with E-state index >= 15 is 0 Å². The van der Waals surface area contributed by atoms with Crippen molar-refractivity contribution in [3.63, 3.8) is 0 Å². The van der Waals surface area contributed by atoms with Gasteiger partial charge in [-0.1, -0.05) is 28.9 Å². The summed E-state index contributed by atoms with van der Waals surface area (Å²) in [5.41, 5.74) is 0.583. The Bertz CT molecular complexity index is 764. The van der Waals surface area contributed by atoms with Gasteiger partial charge in [0.15, 0.2) is 11.5 Å². The average molecular weight is 329 g/mol. The first kappa shape index (κ1) is 15.7. The Hall–Kier alpha value is -1.70. The molecule has 0 bridgehead atoms. The molecule has 1 aromatic heterocycles. The fraction of sp³-hybridized carbons (Fsp3) is 0.231. The number of nitrogens with one attached hydrogen (secondary N) is 1. The molecule has 6 nitrogen and oxygen atoms in total. The largest absolute Gasteiger partial charge is 0.360 e. The summed E-state index contributed by atoms with van der Waals surface area (Å²) in [6, 6.07) is 6.30. The van der Waals surface area contributed by atoms with Crippen LogP contribution in [0.4, 0.5) is 0 Å². The van der Waals surface area contributed by atoms with Crippen LogP contribution in [-0.2, 0) is 10.0 Å². The molecule has 0 saturated carbocycles. The zero-order valence-corrected chi connectivity index (χ0v) is 13.0. The van der Waals surface area contributed by atoms with Crippen molar-refractivity contribution in [1.29, 1.82) is 0 Å². The maximum absolute atomic E-state index is 12.1. The topological polar surface area (TPSA) is 89.3 Å². The van der Waals surface area contributed by atoms with E-state index < -0.39 is 10.0 Å². The van der Waals surface area contributed by atoms with Gasteiger partial charge in [-0.3, -0.25) is 4.79 Å². The van der Waals surface area contributed by atoms with Gasteiger partial charge in [0, 0.05) is 10.6 Å². The van der Waals surface area contributed by atoms with E-state index in [4.69, 9.17) is 16.1 Å². The number of hydrogen-bond acceptors (Lipinski definition) is 5. The minimum atomic E-state index is -3.85. The monoisotopic (exact) mass is 328 g/mol. The maximum Gasteiger partial charge on any atom is 0.246 e. The number of sulfonamides is 1. The molecule has 0 aliphatic rings. The second-order valence-corrected chi connectivity index (χ2v) is 6.55. The number of nitrogens with zero attached hydrogens (tertiary/aromatic N) is 1. The van der Waals surface area contributed by atoms with Crippen LogP contribution >= 0.6 is 11.6 Å². The van der Waals surface area contributed by atoms with Crippen LogP contribution < -0.4 is 4.72 Å². The van der Waals surface area contributed by atoms with Crippen LogP contribution in [0.2, 0.25) is 5.02 Å². The summed E-state index contributed by atoms with van der Waals surface area (Å²) < 4.78 is 31.4. The van der Waals surface area contributed by atoms with Crippen LogP contribution in [-0.4, -0.2) is 25.9 Å². The fourth-order valence-electron chi connectivity index (χ4n) is 1.85. The van der Waals surface area contributed by atoms with Gasteiger partial charge in [-0.15, -0.1) is 0 Å². The number of ketones is 1. The summed E-state index contributed by atoms with van der Waals surface area (Å²) in [6.45, 7) is 2.64. The highest BCUT2D eigenvalue weighted by atomic mass is 35.5. The molecule has 21 heavy (non-hydrogen) atoms. The number of carbonyl (C=O) groups is 1. The van der Waals surface area contributed by atoms with E-state index in [0.717, 1.165) is 0 Å². The van der Waals surface area contributed by atoms with Gasteiger partial charge in [0.2, 0.25) is 10.0 Å². The third kappa shape index (κ3) is 3.49. The minimum Gasteiger partial charge on any atom is -0.360 e. The Balaban J connectivity index is 2.14. The van der Waals surface area contributed by atoms with E-state index in [1.54, 1.807) is 18.2 Å². The lowest BCUT2D eigenvalue weighted by atomic mass is 10.1. The third-order valence-corrected chi connectivity index (χ3v) is 4.69. The number of carbonyl (C=O) groups excluding carboxylic acids is 1. The third-order valence-electron chi connectivity index (χ3n) is 2.81. The summed E-state index contributed by atoms with van der Waals surface area (Å²) in [6.07, 6.45) is 0. The molecule has 0 amide bonds. The number of halogens is 1. The molecule has 1 N–H and O–H groups in total. The smallest absolute Gasteiger partial charge is 0.246 e. The van der Waals surface area contributed by atoms with Gasteiger partial charge in [-0.05, 0) is 26.0 Å². The number of aromatic nitrogens is 1. The Kier molecular flexibility index (Phi) is 4.46. The van der Waals surface area contributed by atoms with Crippen molar-refractivity contribution in [1.82, 2.24) is 9.88 Å². The van der Waals surface area contributed by atoms with Crippen molar-refractivity contribution in [2.75, 3.05) is 6.54 Å². The summed E-state index contributed by atoms with van der Waals surface area (Å²) in [5.74, 6) is -0.206. The molecule has 0 radical (unpaired) electrons. The SMILES string of the molecule is Cc1noc(C)c1S(=O)(=O)NCC(=O)c1cccc(Cl)c1. The molecule has 0 spiro atoms. The zero-order valence-electron chi connectivity index (χ0n) is 11.4. The van der Waals surface area contributed by atoms with Crippen LogP contribution in [0.3, 0.4) is 0 Å². The molecule has 1 heterocycles. The molecule has 1 aromatic carbocycles. The first-order valence-electron chi connectivity index (χ1n) is 6.02. The molecule has 0 atom stereocenters. The van der Waals surface area contributed by atoms with Crippen molar-refractivity contribution >= 4 is 27.4 Å². The molecular weight excluding hydrogens is 316 g/mol. The van der Waals surface area contributed by atoms with Gasteiger partial charge >= 0.3 is 0 Å². The van der Waals surface area contributed by atoms with Crippen molar-refractivity contribution < 1.29 is 17.7 Å². The highest BCUT2D eigenvalue weighted by Crippen LogP contribution is 2.18. The van der Waals surface area contributed by atoms with E-state index in [-0.39, 0.29) is 28.7 Å². The molecule has 0 unspecified atom stereocenters. The van der Waals surface area contributed by atoms with E-state index in [0.29, 0.717) is 10.6 Å². The molecule has 0 saturated heterocycles. The van der Waals surface area contributed by atoms with Gasteiger partial charge < -0.3 is 4.52 Å². The zero-order chi connectivity index (χ0) is 15.6. The molecular formula is C13H13ClN2O4S. The minimum absolute atomic E-state index is 0.0404. The highest BCUT2D eigenvalue weighted by molar-refractivity contribution is 7.89. The second-order valence-electron chi connectivity index (χ2n) is 4.41. The fourth-order valence-corrected chi connectivity index (χ4v) is 3.35. The van der Waals surface area contributed by atoms with Crippen molar-refractivity contribution in [3.8, 4) is 0 Å². The van der Waals surface area contributed by atoms with Gasteiger partial charge in [-0.25, -0.2) is 13.1 Å². The van der Waals surface area contributed by atoms with E-state index in [9.17, 15) is 13.2 Å². The summed E-state index contributed by atoms with van der Waals surface area (Å²) in [4.78, 5) is 11.9. The summed E-state index contributed by atoms with van der Waals surface area (Å²) >= 11 is 5.79. The molecule has 112 valence electrons. The molecule has 2 aromatic rings. The van der Waals surface area contributed by atoms with Crippen molar-refractivity contribution in [3.05, 3.63) is 46.3 Å². The van der Waals surface area contributed by atoms with Crippen LogP contribution in [0.1, 0.15) is 21.8 Å². The molecule has 8 heteroatoms. The normalized spacial score (nSPS) is 11.6. The Morgan fingerprint density at radius 1 is 1.38 bits per heavy atom.